The molecule has 0 radical (unpaired) electrons. The Balaban J connectivity index is 2.62. The predicted octanol–water partition coefficient (Wildman–Crippen LogP) is -0.364. The zero-order valence-corrected chi connectivity index (χ0v) is 3.23. The van der Waals surface area contributed by atoms with E-state index in [-0.39, 0.29) is 0 Å². The smallest absolute Gasteiger partial charge is 0.0119 e. The molecule has 0 saturated heterocycles. The van der Waals surface area contributed by atoms with Crippen LogP contribution in [-0.2, 0) is 0 Å². The fourth-order valence-electron chi connectivity index (χ4n) is 0.0962. The fraction of sp³-hybridized carbons (Fsp3) is 0.333. The van der Waals surface area contributed by atoms with E-state index in [0.29, 0.717) is 0 Å². The van der Waals surface area contributed by atoms with Crippen molar-refractivity contribution in [2.75, 3.05) is 7.05 Å². The predicted molar refractivity (Wildman–Crippen MR) is 22.4 cm³/mol. The summed E-state index contributed by atoms with van der Waals surface area (Å²) < 4.78 is 0. The summed E-state index contributed by atoms with van der Waals surface area (Å²) in [5.74, 6) is 0. The third-order valence-electron chi connectivity index (χ3n) is 0.263. The molecule has 0 atom stereocenters. The lowest BCUT2D eigenvalue weighted by molar-refractivity contribution is 1.09. The molecule has 0 aromatic carbocycles. The van der Waals surface area contributed by atoms with Crippen LogP contribution in [0.1, 0.15) is 0 Å². The molecule has 0 bridgehead atoms. The van der Waals surface area contributed by atoms with Gasteiger partial charge in [-0.3, -0.25) is 0 Å². The summed E-state index contributed by atoms with van der Waals surface area (Å²) in [6.07, 6.45) is 3.10. The molecule has 0 fully saturated rings. The zero-order valence-electron chi connectivity index (χ0n) is 3.23. The molecule has 0 spiro atoms. The Labute approximate surface area is 31.7 Å². The number of hydrogen-bond acceptors (Lipinski definition) is 2. The first-order chi connectivity index (χ1) is 2.41. The van der Waals surface area contributed by atoms with E-state index in [2.05, 4.69) is 5.32 Å². The van der Waals surface area contributed by atoms with E-state index in [0.717, 1.165) is 0 Å². The number of nitrogens with two attached hydrogens (primary N) is 1. The monoisotopic (exact) mass is 72.1 g/mol. The third-order valence-corrected chi connectivity index (χ3v) is 0.263. The Morgan fingerprint density at radius 1 is 1.80 bits per heavy atom. The van der Waals surface area contributed by atoms with Crippen LogP contribution in [0.3, 0.4) is 0 Å². The van der Waals surface area contributed by atoms with E-state index in [1.54, 1.807) is 13.2 Å². The molecule has 0 unspecified atom stereocenters. The molecule has 0 aliphatic heterocycles. The summed E-state index contributed by atoms with van der Waals surface area (Å²) >= 11 is 0. The summed E-state index contributed by atoms with van der Waals surface area (Å²) in [6.45, 7) is 0. The first kappa shape index (κ1) is 4.34. The van der Waals surface area contributed by atoms with Crippen molar-refractivity contribution in [2.45, 2.75) is 0 Å². The second kappa shape index (κ2) is 3.34. The lowest BCUT2D eigenvalue weighted by atomic mass is 10.9. The molecule has 0 aromatic rings. The van der Waals surface area contributed by atoms with Crippen molar-refractivity contribution in [3.8, 4) is 0 Å². The van der Waals surface area contributed by atoms with E-state index in [1.165, 1.54) is 6.20 Å². The van der Waals surface area contributed by atoms with Crippen LogP contribution in [0.4, 0.5) is 0 Å². The van der Waals surface area contributed by atoms with Gasteiger partial charge in [-0.05, 0) is 0 Å². The van der Waals surface area contributed by atoms with Crippen molar-refractivity contribution in [2.24, 2.45) is 5.73 Å². The minimum atomic E-state index is 1.44. The van der Waals surface area contributed by atoms with E-state index < -0.39 is 0 Å². The Morgan fingerprint density at radius 3 is 2.40 bits per heavy atom. The molecule has 0 amide bonds. The maximum atomic E-state index is 4.90. The van der Waals surface area contributed by atoms with Crippen LogP contribution < -0.4 is 11.1 Å². The van der Waals surface area contributed by atoms with Gasteiger partial charge in [-0.1, -0.05) is 0 Å². The molecule has 0 rings (SSSR count). The van der Waals surface area contributed by atoms with E-state index in [4.69, 9.17) is 5.73 Å². The summed E-state index contributed by atoms with van der Waals surface area (Å²) in [7, 11) is 1.80. The van der Waals surface area contributed by atoms with Gasteiger partial charge in [0.25, 0.3) is 0 Å². The molecule has 30 valence electrons. The van der Waals surface area contributed by atoms with Gasteiger partial charge in [-0.25, -0.2) is 0 Å². The fourth-order valence-corrected chi connectivity index (χ4v) is 0.0962. The molecule has 5 heavy (non-hydrogen) atoms. The summed E-state index contributed by atoms with van der Waals surface area (Å²) in [5, 5.41) is 2.71. The first-order valence-corrected chi connectivity index (χ1v) is 1.46. The lowest BCUT2D eigenvalue weighted by Gasteiger charge is -1.75. The Hall–Kier alpha value is -0.660. The average Bonchev–Trinajstić information content (AvgIpc) is 1.41. The average molecular weight is 72.1 g/mol. The molecule has 2 nitrogen and oxygen atoms in total. The van der Waals surface area contributed by atoms with Gasteiger partial charge in [0, 0.05) is 19.4 Å². The molecular weight excluding hydrogens is 64.0 g/mol. The van der Waals surface area contributed by atoms with Crippen molar-refractivity contribution >= 4 is 0 Å². The highest BCUT2D eigenvalue weighted by Gasteiger charge is 1.45. The van der Waals surface area contributed by atoms with Gasteiger partial charge in [0.05, 0.1) is 0 Å². The van der Waals surface area contributed by atoms with Crippen LogP contribution >= 0.6 is 0 Å². The van der Waals surface area contributed by atoms with E-state index in [9.17, 15) is 0 Å². The molecule has 0 heterocycles. The maximum Gasteiger partial charge on any atom is 0.0119 e. The van der Waals surface area contributed by atoms with Crippen LogP contribution in [0.25, 0.3) is 0 Å². The largest absolute Gasteiger partial charge is 0.403 e. The maximum absolute atomic E-state index is 4.90. The van der Waals surface area contributed by atoms with Crippen LogP contribution in [-0.4, -0.2) is 7.05 Å². The Kier molecular flexibility index (Phi) is 2.90. The topological polar surface area (TPSA) is 38.0 Å². The number of nitrogens with one attached hydrogen (secondary N) is 1. The zero-order chi connectivity index (χ0) is 4.12. The molecule has 2 heteroatoms. The van der Waals surface area contributed by atoms with Crippen molar-refractivity contribution in [3.63, 3.8) is 0 Å². The second-order valence-corrected chi connectivity index (χ2v) is 0.648. The molecule has 3 N–H and O–H groups in total. The van der Waals surface area contributed by atoms with Crippen molar-refractivity contribution in [3.05, 3.63) is 12.4 Å². The number of hydrogen-bond donors (Lipinski definition) is 2. The van der Waals surface area contributed by atoms with Crippen LogP contribution in [0.5, 0.6) is 0 Å². The Morgan fingerprint density at radius 2 is 2.40 bits per heavy atom. The van der Waals surface area contributed by atoms with Crippen LogP contribution in [0, 0.1) is 0 Å². The van der Waals surface area contributed by atoms with Gasteiger partial charge in [-0.15, -0.1) is 0 Å². The summed E-state index contributed by atoms with van der Waals surface area (Å²) in [5.41, 5.74) is 4.90. The van der Waals surface area contributed by atoms with Crippen molar-refractivity contribution < 1.29 is 0 Å². The molecule has 0 aliphatic carbocycles. The quantitative estimate of drug-likeness (QED) is 0.443. The second-order valence-electron chi connectivity index (χ2n) is 0.648. The van der Waals surface area contributed by atoms with Gasteiger partial charge in [0.15, 0.2) is 0 Å². The van der Waals surface area contributed by atoms with Gasteiger partial charge in [0.2, 0.25) is 0 Å². The van der Waals surface area contributed by atoms with Gasteiger partial charge >= 0.3 is 0 Å². The SMILES string of the molecule is CN/C=C/N. The first-order valence-electron chi connectivity index (χ1n) is 1.46. The minimum Gasteiger partial charge on any atom is -0.403 e. The molecular formula is C3H8N2. The Bertz CT molecular complexity index is 31.9. The summed E-state index contributed by atoms with van der Waals surface area (Å²) in [6, 6.07) is 0. The third kappa shape index (κ3) is 3.34. The van der Waals surface area contributed by atoms with E-state index >= 15 is 0 Å². The minimum absolute atomic E-state index is 1.44. The molecule has 0 saturated carbocycles. The highest BCUT2D eigenvalue weighted by atomic mass is 14.8. The normalized spacial score (nSPS) is 9.00. The van der Waals surface area contributed by atoms with Gasteiger partial charge in [-0.2, -0.15) is 0 Å². The number of rotatable bonds is 1. The highest BCUT2D eigenvalue weighted by Crippen LogP contribution is 1.41. The van der Waals surface area contributed by atoms with Gasteiger partial charge < -0.3 is 11.1 Å². The van der Waals surface area contributed by atoms with Crippen molar-refractivity contribution in [1.82, 2.24) is 5.32 Å². The van der Waals surface area contributed by atoms with Crippen LogP contribution in [0.2, 0.25) is 0 Å². The van der Waals surface area contributed by atoms with E-state index in [1.807, 2.05) is 0 Å². The van der Waals surface area contributed by atoms with Gasteiger partial charge in [0.1, 0.15) is 0 Å². The highest BCUT2D eigenvalue weighted by molar-refractivity contribution is 4.68. The molecule has 0 aromatic heterocycles. The standard InChI is InChI=1S/C3H8N2/c1-5-3-2-4/h2-3,5H,4H2,1H3/b3-2+. The lowest BCUT2D eigenvalue weighted by Crippen LogP contribution is -1.93. The van der Waals surface area contributed by atoms with Crippen LogP contribution in [0.15, 0.2) is 12.4 Å². The van der Waals surface area contributed by atoms with Crippen molar-refractivity contribution in [1.29, 1.82) is 0 Å². The summed E-state index contributed by atoms with van der Waals surface area (Å²) in [4.78, 5) is 0. The molecule has 0 aliphatic rings.